The molecule has 3 aromatic rings. The maximum Gasteiger partial charge on any atom is 0.238 e. The van der Waals surface area contributed by atoms with Gasteiger partial charge in [0.25, 0.3) is 0 Å². The molecule has 2 aromatic carbocycles. The quantitative estimate of drug-likeness (QED) is 0.508. The minimum Gasteiger partial charge on any atom is -0.288 e. The number of para-hydroxylation sites is 2. The zero-order valence-corrected chi connectivity index (χ0v) is 17.6. The molecular formula is C24H23N3O4. The Bertz CT molecular complexity index is 1260. The molecule has 1 aromatic heterocycles. The third kappa shape index (κ3) is 2.59. The van der Waals surface area contributed by atoms with E-state index in [9.17, 15) is 19.6 Å². The normalized spacial score (nSPS) is 22.6. The van der Waals surface area contributed by atoms with Gasteiger partial charge in [-0.05, 0) is 31.0 Å². The van der Waals surface area contributed by atoms with E-state index in [0.717, 1.165) is 21.4 Å². The van der Waals surface area contributed by atoms with Crippen molar-refractivity contribution in [3.05, 3.63) is 65.4 Å². The minimum absolute atomic E-state index is 0.230. The van der Waals surface area contributed by atoms with E-state index in [0.29, 0.717) is 16.9 Å². The highest BCUT2D eigenvalue weighted by Crippen LogP contribution is 2.52. The number of nitrogens with zero attached hydrogens (tertiary/aromatic N) is 3. The van der Waals surface area contributed by atoms with E-state index < -0.39 is 17.9 Å². The van der Waals surface area contributed by atoms with Gasteiger partial charge in [0.15, 0.2) is 0 Å². The molecule has 2 aliphatic rings. The maximum absolute atomic E-state index is 13.1. The van der Waals surface area contributed by atoms with Crippen LogP contribution in [0.2, 0.25) is 0 Å². The van der Waals surface area contributed by atoms with Crippen molar-refractivity contribution in [1.29, 1.82) is 0 Å². The van der Waals surface area contributed by atoms with E-state index in [4.69, 9.17) is 0 Å². The van der Waals surface area contributed by atoms with Gasteiger partial charge < -0.3 is 0 Å². The third-order valence-electron chi connectivity index (χ3n) is 6.68. The second-order valence-electron chi connectivity index (χ2n) is 8.37. The first-order valence-electron chi connectivity index (χ1n) is 10.3. The number of carbonyl (C=O) groups is 3. The Morgan fingerprint density at radius 1 is 1.06 bits per heavy atom. The van der Waals surface area contributed by atoms with Crippen molar-refractivity contribution in [3.8, 4) is 0 Å². The second-order valence-corrected chi connectivity index (χ2v) is 8.37. The summed E-state index contributed by atoms with van der Waals surface area (Å²) >= 11 is 0. The number of aromatic nitrogens is 1. The molecule has 31 heavy (non-hydrogen) atoms. The number of aryl methyl sites for hydroxylation is 1. The number of carbonyl (C=O) groups excluding carboxylic acids is 3. The molecule has 1 saturated heterocycles. The molecule has 0 radical (unpaired) electrons. The molecule has 158 valence electrons. The van der Waals surface area contributed by atoms with Crippen LogP contribution in [0.1, 0.15) is 46.9 Å². The van der Waals surface area contributed by atoms with E-state index in [1.165, 1.54) is 19.0 Å². The summed E-state index contributed by atoms with van der Waals surface area (Å²) in [6, 6.07) is 14.3. The number of fused-ring (bicyclic) bond motifs is 5. The fourth-order valence-electron chi connectivity index (χ4n) is 5.27. The Balaban J connectivity index is 1.82. The molecule has 1 fully saturated rings. The summed E-state index contributed by atoms with van der Waals surface area (Å²) in [5.41, 5.74) is 3.44. The number of benzene rings is 2. The van der Waals surface area contributed by atoms with Crippen LogP contribution >= 0.6 is 0 Å². The van der Waals surface area contributed by atoms with Crippen molar-refractivity contribution in [2.24, 2.45) is 5.92 Å². The lowest BCUT2D eigenvalue weighted by atomic mass is 9.76. The fraction of sp³-hybridized carbons (Fsp3) is 0.292. The molecule has 0 bridgehead atoms. The van der Waals surface area contributed by atoms with E-state index in [-0.39, 0.29) is 24.1 Å². The van der Waals surface area contributed by atoms with Crippen LogP contribution in [0.3, 0.4) is 0 Å². The van der Waals surface area contributed by atoms with E-state index in [2.05, 4.69) is 0 Å². The van der Waals surface area contributed by atoms with Crippen LogP contribution in [-0.2, 0) is 9.59 Å². The Kier molecular flexibility index (Phi) is 4.27. The highest BCUT2D eigenvalue weighted by Gasteiger charge is 2.54. The summed E-state index contributed by atoms with van der Waals surface area (Å²) in [7, 11) is 1.48. The van der Waals surface area contributed by atoms with Gasteiger partial charge in [-0.1, -0.05) is 36.4 Å². The van der Waals surface area contributed by atoms with E-state index in [1.54, 1.807) is 4.57 Å². The van der Waals surface area contributed by atoms with Crippen molar-refractivity contribution in [2.75, 3.05) is 12.1 Å². The first-order chi connectivity index (χ1) is 14.8. The standard InChI is InChI=1S/C24H23N3O4/c1-13-8-4-6-10-17(13)27(31)19-12-16-21(24(30)25(3)23(16)29)22-20(19)15-9-5-7-11-18(15)26(22)14(2)28/h4-11,16,19,21,31H,12H2,1-3H3/t16-,19-,21-/m0/s1. The summed E-state index contributed by atoms with van der Waals surface area (Å²) < 4.78 is 1.55. The Labute approximate surface area is 179 Å². The number of anilines is 1. The maximum atomic E-state index is 13.1. The number of likely N-dealkylation sites (tertiary alicyclic amines) is 1. The fourth-order valence-corrected chi connectivity index (χ4v) is 5.27. The molecule has 0 spiro atoms. The topological polar surface area (TPSA) is 82.8 Å². The summed E-state index contributed by atoms with van der Waals surface area (Å²) in [6.45, 7) is 3.36. The van der Waals surface area contributed by atoms with Crippen molar-refractivity contribution >= 4 is 34.3 Å². The van der Waals surface area contributed by atoms with Crippen LogP contribution < -0.4 is 5.06 Å². The van der Waals surface area contributed by atoms with E-state index >= 15 is 0 Å². The lowest BCUT2D eigenvalue weighted by molar-refractivity contribution is -0.137. The van der Waals surface area contributed by atoms with Crippen LogP contribution in [0, 0.1) is 12.8 Å². The number of hydrogen-bond acceptors (Lipinski definition) is 5. The number of rotatable bonds is 2. The SMILES string of the molecule is CC(=O)n1c2c(c3ccccc31)[C@@H](N(O)c1ccccc1C)C[C@@H]1C(=O)N(C)C(=O)[C@H]21. The van der Waals surface area contributed by atoms with Gasteiger partial charge in [0.2, 0.25) is 17.7 Å². The van der Waals surface area contributed by atoms with Crippen LogP contribution in [-0.4, -0.2) is 39.4 Å². The summed E-state index contributed by atoms with van der Waals surface area (Å²) in [6.07, 6.45) is 0.281. The Morgan fingerprint density at radius 2 is 1.74 bits per heavy atom. The number of hydrogen-bond donors (Lipinski definition) is 1. The van der Waals surface area contributed by atoms with Crippen LogP contribution in [0.15, 0.2) is 48.5 Å². The Morgan fingerprint density at radius 3 is 2.45 bits per heavy atom. The highest BCUT2D eigenvalue weighted by molar-refractivity contribution is 6.10. The molecule has 5 rings (SSSR count). The molecular weight excluding hydrogens is 394 g/mol. The molecule has 1 aliphatic carbocycles. The predicted octanol–water partition coefficient (Wildman–Crippen LogP) is 3.65. The molecule has 0 saturated carbocycles. The highest BCUT2D eigenvalue weighted by atomic mass is 16.5. The molecule has 2 amide bonds. The molecule has 3 atom stereocenters. The van der Waals surface area contributed by atoms with Crippen LogP contribution in [0.5, 0.6) is 0 Å². The number of amides is 2. The number of imide groups is 1. The smallest absolute Gasteiger partial charge is 0.238 e. The predicted molar refractivity (Wildman–Crippen MR) is 115 cm³/mol. The Hall–Kier alpha value is -3.45. The summed E-state index contributed by atoms with van der Waals surface area (Å²) in [5.74, 6) is -2.17. The first-order valence-corrected chi connectivity index (χ1v) is 10.3. The van der Waals surface area contributed by atoms with Crippen molar-refractivity contribution in [3.63, 3.8) is 0 Å². The zero-order valence-electron chi connectivity index (χ0n) is 17.6. The summed E-state index contributed by atoms with van der Waals surface area (Å²) in [5, 5.41) is 13.3. The molecule has 2 heterocycles. The summed E-state index contributed by atoms with van der Waals surface area (Å²) in [4.78, 5) is 39.9. The van der Waals surface area contributed by atoms with Crippen molar-refractivity contribution < 1.29 is 19.6 Å². The van der Waals surface area contributed by atoms with Crippen LogP contribution in [0.25, 0.3) is 10.9 Å². The van der Waals surface area contributed by atoms with Crippen molar-refractivity contribution in [1.82, 2.24) is 9.47 Å². The molecule has 1 aliphatic heterocycles. The lowest BCUT2D eigenvalue weighted by Gasteiger charge is -2.36. The zero-order chi connectivity index (χ0) is 22.0. The number of likely N-dealkylation sites (N-methyl/N-ethyl adjacent to an activating group) is 1. The second kappa shape index (κ2) is 6.78. The molecule has 0 unspecified atom stereocenters. The van der Waals surface area contributed by atoms with Gasteiger partial charge in [0.05, 0.1) is 29.1 Å². The monoisotopic (exact) mass is 417 g/mol. The van der Waals surface area contributed by atoms with Gasteiger partial charge in [0.1, 0.15) is 0 Å². The van der Waals surface area contributed by atoms with Gasteiger partial charge in [-0.2, -0.15) is 0 Å². The average Bonchev–Trinajstić information content (AvgIpc) is 3.21. The third-order valence-corrected chi connectivity index (χ3v) is 6.68. The van der Waals surface area contributed by atoms with Crippen molar-refractivity contribution in [2.45, 2.75) is 32.2 Å². The van der Waals surface area contributed by atoms with Gasteiger partial charge in [-0.3, -0.25) is 29.1 Å². The van der Waals surface area contributed by atoms with Gasteiger partial charge >= 0.3 is 0 Å². The van der Waals surface area contributed by atoms with Gasteiger partial charge in [-0.25, -0.2) is 5.06 Å². The van der Waals surface area contributed by atoms with Crippen LogP contribution in [0.4, 0.5) is 5.69 Å². The van der Waals surface area contributed by atoms with Gasteiger partial charge in [0, 0.05) is 30.6 Å². The first kappa shape index (κ1) is 19.5. The average molecular weight is 417 g/mol. The lowest BCUT2D eigenvalue weighted by Crippen LogP contribution is -2.36. The van der Waals surface area contributed by atoms with Gasteiger partial charge in [-0.15, -0.1) is 0 Å². The minimum atomic E-state index is -0.731. The van der Waals surface area contributed by atoms with E-state index in [1.807, 2.05) is 55.5 Å². The molecule has 7 heteroatoms. The number of hydroxylamine groups is 1. The molecule has 7 nitrogen and oxygen atoms in total. The molecule has 1 N–H and O–H groups in total. The largest absolute Gasteiger partial charge is 0.288 e.